The van der Waals surface area contributed by atoms with Crippen LogP contribution in [-0.2, 0) is 14.3 Å². The molecule has 2 fully saturated rings. The highest BCUT2D eigenvalue weighted by atomic mass is 16.6. The smallest absolute Gasteiger partial charge is 0.306 e. The summed E-state index contributed by atoms with van der Waals surface area (Å²) < 4.78 is 11.3. The summed E-state index contributed by atoms with van der Waals surface area (Å²) in [5, 5.41) is 0. The molecule has 0 spiro atoms. The molecule has 3 nitrogen and oxygen atoms in total. The highest BCUT2D eigenvalue weighted by Crippen LogP contribution is 2.37. The molecule has 17 heavy (non-hydrogen) atoms. The molecular formula is C14H22O3. The maximum Gasteiger partial charge on any atom is 0.306 e. The lowest BCUT2D eigenvalue weighted by atomic mass is 9.87. The van der Waals surface area contributed by atoms with Crippen LogP contribution in [0.25, 0.3) is 0 Å². The van der Waals surface area contributed by atoms with Crippen LogP contribution in [0.3, 0.4) is 0 Å². The van der Waals surface area contributed by atoms with E-state index in [2.05, 4.69) is 27.4 Å². The SMILES string of the molecule is C=C1C(CCC(C)(C)C)OC2CCC(=O)O[C@@H]12. The minimum absolute atomic E-state index is 0.0465. The van der Waals surface area contributed by atoms with Gasteiger partial charge >= 0.3 is 5.97 Å². The quantitative estimate of drug-likeness (QED) is 0.548. The number of rotatable bonds is 2. The van der Waals surface area contributed by atoms with Crippen LogP contribution < -0.4 is 0 Å². The lowest BCUT2D eigenvalue weighted by molar-refractivity contribution is -0.158. The Bertz CT molecular complexity index is 327. The topological polar surface area (TPSA) is 35.5 Å². The van der Waals surface area contributed by atoms with Crippen LogP contribution >= 0.6 is 0 Å². The van der Waals surface area contributed by atoms with Gasteiger partial charge in [0.2, 0.25) is 0 Å². The molecule has 0 N–H and O–H groups in total. The first-order valence-electron chi connectivity index (χ1n) is 6.40. The molecule has 0 aromatic heterocycles. The van der Waals surface area contributed by atoms with Crippen LogP contribution in [0, 0.1) is 5.41 Å². The second-order valence-corrected chi connectivity index (χ2v) is 6.29. The standard InChI is InChI=1S/C14H22O3/c1-9-10(7-8-14(2,3)4)16-11-5-6-12(15)17-13(9)11/h10-11,13H,1,5-8H2,2-4H3/t10?,11?,13-/m0/s1. The molecule has 96 valence electrons. The van der Waals surface area contributed by atoms with Gasteiger partial charge in [-0.1, -0.05) is 27.4 Å². The zero-order valence-corrected chi connectivity index (χ0v) is 11.0. The van der Waals surface area contributed by atoms with Gasteiger partial charge in [-0.3, -0.25) is 4.79 Å². The van der Waals surface area contributed by atoms with Crippen LogP contribution in [0.5, 0.6) is 0 Å². The maximum atomic E-state index is 11.3. The van der Waals surface area contributed by atoms with Gasteiger partial charge < -0.3 is 9.47 Å². The number of fused-ring (bicyclic) bond motifs is 1. The van der Waals surface area contributed by atoms with Gasteiger partial charge in [-0.05, 0) is 30.3 Å². The largest absolute Gasteiger partial charge is 0.455 e. The van der Waals surface area contributed by atoms with Gasteiger partial charge in [0, 0.05) is 6.42 Å². The van der Waals surface area contributed by atoms with Gasteiger partial charge in [0.05, 0.1) is 12.2 Å². The first-order valence-corrected chi connectivity index (χ1v) is 6.40. The van der Waals surface area contributed by atoms with Crippen LogP contribution in [0.4, 0.5) is 0 Å². The van der Waals surface area contributed by atoms with Gasteiger partial charge in [0.15, 0.2) is 6.10 Å². The summed E-state index contributed by atoms with van der Waals surface area (Å²) in [6.07, 6.45) is 3.22. The summed E-state index contributed by atoms with van der Waals surface area (Å²) in [7, 11) is 0. The molecule has 0 saturated carbocycles. The average Bonchev–Trinajstić information content (AvgIpc) is 2.52. The van der Waals surface area contributed by atoms with E-state index in [1.165, 1.54) is 0 Å². The van der Waals surface area contributed by atoms with Crippen molar-refractivity contribution in [2.24, 2.45) is 5.41 Å². The summed E-state index contributed by atoms with van der Waals surface area (Å²) in [4.78, 5) is 11.3. The number of hydrogen-bond acceptors (Lipinski definition) is 3. The Morgan fingerprint density at radius 2 is 2.12 bits per heavy atom. The first kappa shape index (κ1) is 12.6. The molecule has 2 unspecified atom stereocenters. The molecule has 2 aliphatic rings. The molecular weight excluding hydrogens is 216 g/mol. The number of carbonyl (C=O) groups is 1. The number of esters is 1. The lowest BCUT2D eigenvalue weighted by Gasteiger charge is -2.23. The highest BCUT2D eigenvalue weighted by molar-refractivity contribution is 5.71. The number of ether oxygens (including phenoxy) is 2. The highest BCUT2D eigenvalue weighted by Gasteiger charge is 2.43. The van der Waals surface area contributed by atoms with E-state index >= 15 is 0 Å². The van der Waals surface area contributed by atoms with E-state index in [1.807, 2.05) is 0 Å². The van der Waals surface area contributed by atoms with E-state index in [1.54, 1.807) is 0 Å². The summed E-state index contributed by atoms with van der Waals surface area (Å²) >= 11 is 0. The number of carbonyl (C=O) groups excluding carboxylic acids is 1. The Kier molecular flexibility index (Phi) is 3.30. The first-order chi connectivity index (χ1) is 7.87. The van der Waals surface area contributed by atoms with Gasteiger partial charge in [-0.15, -0.1) is 0 Å². The van der Waals surface area contributed by atoms with Crippen molar-refractivity contribution in [1.82, 2.24) is 0 Å². The van der Waals surface area contributed by atoms with E-state index in [4.69, 9.17) is 9.47 Å². The normalized spacial score (nSPS) is 33.5. The Hall–Kier alpha value is -0.830. The van der Waals surface area contributed by atoms with Crippen LogP contribution in [0.15, 0.2) is 12.2 Å². The van der Waals surface area contributed by atoms with Gasteiger partial charge in [0.1, 0.15) is 0 Å². The van der Waals surface area contributed by atoms with Crippen molar-refractivity contribution < 1.29 is 14.3 Å². The summed E-state index contributed by atoms with van der Waals surface area (Å²) in [5.41, 5.74) is 1.25. The molecule has 0 aliphatic carbocycles. The molecule has 0 aromatic carbocycles. The van der Waals surface area contributed by atoms with E-state index in [0.29, 0.717) is 11.8 Å². The van der Waals surface area contributed by atoms with Crippen LogP contribution in [0.2, 0.25) is 0 Å². The second kappa shape index (κ2) is 4.45. The summed E-state index contributed by atoms with van der Waals surface area (Å²) in [6, 6.07) is 0. The van der Waals surface area contributed by atoms with Gasteiger partial charge in [0.25, 0.3) is 0 Å². The lowest BCUT2D eigenvalue weighted by Crippen LogP contribution is -2.33. The molecule has 2 aliphatic heterocycles. The second-order valence-electron chi connectivity index (χ2n) is 6.29. The van der Waals surface area contributed by atoms with E-state index in [9.17, 15) is 4.79 Å². The summed E-state index contributed by atoms with van der Waals surface area (Å²) in [5.74, 6) is -0.118. The minimum atomic E-state index is -0.193. The van der Waals surface area contributed by atoms with Gasteiger partial charge in [-0.25, -0.2) is 0 Å². The molecule has 0 aromatic rings. The molecule has 2 saturated heterocycles. The fourth-order valence-electron chi connectivity index (χ4n) is 2.44. The molecule has 3 atom stereocenters. The van der Waals surface area contributed by atoms with Crippen molar-refractivity contribution in [2.75, 3.05) is 0 Å². The average molecular weight is 238 g/mol. The number of hydrogen-bond donors (Lipinski definition) is 0. The van der Waals surface area contributed by atoms with Crippen molar-refractivity contribution in [2.45, 2.75) is 64.8 Å². The molecule has 2 heterocycles. The van der Waals surface area contributed by atoms with Crippen molar-refractivity contribution in [1.29, 1.82) is 0 Å². The fourth-order valence-corrected chi connectivity index (χ4v) is 2.44. The Morgan fingerprint density at radius 3 is 2.76 bits per heavy atom. The van der Waals surface area contributed by atoms with Crippen molar-refractivity contribution >= 4 is 5.97 Å². The van der Waals surface area contributed by atoms with Crippen LogP contribution in [-0.4, -0.2) is 24.3 Å². The molecule has 3 heteroatoms. The molecule has 2 rings (SSSR count). The van der Waals surface area contributed by atoms with Crippen molar-refractivity contribution in [3.8, 4) is 0 Å². The zero-order chi connectivity index (χ0) is 12.6. The third-order valence-corrected chi connectivity index (χ3v) is 3.50. The van der Waals surface area contributed by atoms with Crippen molar-refractivity contribution in [3.63, 3.8) is 0 Å². The zero-order valence-electron chi connectivity index (χ0n) is 11.0. The third-order valence-electron chi connectivity index (χ3n) is 3.50. The summed E-state index contributed by atoms with van der Waals surface area (Å²) in [6.45, 7) is 10.7. The Balaban J connectivity index is 1.94. The molecule has 0 radical (unpaired) electrons. The third kappa shape index (κ3) is 2.89. The predicted octanol–water partition coefficient (Wildman–Crippen LogP) is 2.84. The van der Waals surface area contributed by atoms with E-state index in [0.717, 1.165) is 24.8 Å². The van der Waals surface area contributed by atoms with E-state index < -0.39 is 0 Å². The Labute approximate surface area is 103 Å². The van der Waals surface area contributed by atoms with Crippen molar-refractivity contribution in [3.05, 3.63) is 12.2 Å². The fraction of sp³-hybridized carbons (Fsp3) is 0.786. The monoisotopic (exact) mass is 238 g/mol. The van der Waals surface area contributed by atoms with Gasteiger partial charge in [-0.2, -0.15) is 0 Å². The predicted molar refractivity (Wildman–Crippen MR) is 65.6 cm³/mol. The maximum absolute atomic E-state index is 11.3. The van der Waals surface area contributed by atoms with Crippen LogP contribution in [0.1, 0.15) is 46.5 Å². The molecule has 0 amide bonds. The Morgan fingerprint density at radius 1 is 1.41 bits per heavy atom. The van der Waals surface area contributed by atoms with E-state index in [-0.39, 0.29) is 24.3 Å². The minimum Gasteiger partial charge on any atom is -0.455 e. The molecule has 0 bridgehead atoms.